The Hall–Kier alpha value is -2.41. The van der Waals surface area contributed by atoms with Gasteiger partial charge in [0.05, 0.1) is 11.9 Å². The molecule has 152 valence electrons. The van der Waals surface area contributed by atoms with Crippen molar-refractivity contribution in [3.8, 4) is 0 Å². The number of nitrogens with zero attached hydrogens (tertiary/aromatic N) is 1. The molecule has 0 unspecified atom stereocenters. The van der Waals surface area contributed by atoms with Crippen LogP contribution >= 0.6 is 11.6 Å². The molecule has 1 aromatic carbocycles. The van der Waals surface area contributed by atoms with Crippen LogP contribution in [0, 0.1) is 5.92 Å². The summed E-state index contributed by atoms with van der Waals surface area (Å²) in [6.07, 6.45) is 0.312. The number of carbonyl (C=O) groups excluding carboxylic acids is 4. The molecule has 1 aromatic rings. The van der Waals surface area contributed by atoms with E-state index in [0.717, 1.165) is 5.56 Å². The minimum atomic E-state index is -0.859. The highest BCUT2D eigenvalue weighted by atomic mass is 35.5. The average molecular weight is 409 g/mol. The molecule has 1 N–H and O–H groups in total. The van der Waals surface area contributed by atoms with Crippen molar-refractivity contribution < 1.29 is 23.9 Å². The second kappa shape index (κ2) is 10.2. The first-order valence-electron chi connectivity index (χ1n) is 9.25. The summed E-state index contributed by atoms with van der Waals surface area (Å²) in [4.78, 5) is 50.4. The SMILES string of the molecule is CC(C)[C@H](NC(=O)OCc1ccccc1)C(=O)N1CCC[C@H]1C(=O)C(=O)CCl. The molecule has 2 amide bonds. The number of amides is 2. The van der Waals surface area contributed by atoms with Gasteiger partial charge in [0, 0.05) is 6.54 Å². The van der Waals surface area contributed by atoms with Gasteiger partial charge in [0.2, 0.25) is 17.5 Å². The van der Waals surface area contributed by atoms with E-state index in [4.69, 9.17) is 16.3 Å². The second-order valence-electron chi connectivity index (χ2n) is 7.04. The Morgan fingerprint density at radius 2 is 1.89 bits per heavy atom. The Bertz CT molecular complexity index is 723. The standard InChI is InChI=1S/C20H25ClN2O5/c1-13(2)17(22-20(27)28-12-14-7-4-3-5-8-14)19(26)23-10-6-9-15(23)18(25)16(24)11-21/h3-5,7-8,13,15,17H,6,9-12H2,1-2H3,(H,22,27)/t15-,17-/m0/s1. The number of benzene rings is 1. The van der Waals surface area contributed by atoms with E-state index in [-0.39, 0.29) is 12.5 Å². The second-order valence-corrected chi connectivity index (χ2v) is 7.31. The van der Waals surface area contributed by atoms with Crippen LogP contribution in [0.3, 0.4) is 0 Å². The lowest BCUT2D eigenvalue weighted by atomic mass is 10.0. The highest BCUT2D eigenvalue weighted by Crippen LogP contribution is 2.21. The molecule has 8 heteroatoms. The molecule has 7 nitrogen and oxygen atoms in total. The number of nitrogens with one attached hydrogen (secondary N) is 1. The summed E-state index contributed by atoms with van der Waals surface area (Å²) in [5.74, 6) is -2.39. The van der Waals surface area contributed by atoms with Crippen LogP contribution in [0.25, 0.3) is 0 Å². The van der Waals surface area contributed by atoms with Gasteiger partial charge < -0.3 is 15.0 Å². The van der Waals surface area contributed by atoms with Crippen LogP contribution in [0.1, 0.15) is 32.3 Å². The van der Waals surface area contributed by atoms with E-state index in [2.05, 4.69) is 5.32 Å². The molecule has 0 bridgehead atoms. The number of likely N-dealkylation sites (tertiary alicyclic amines) is 1. The van der Waals surface area contributed by atoms with Gasteiger partial charge in [-0.2, -0.15) is 0 Å². The van der Waals surface area contributed by atoms with Crippen LogP contribution in [0.4, 0.5) is 4.79 Å². The van der Waals surface area contributed by atoms with Crippen LogP contribution in [-0.2, 0) is 25.7 Å². The molecule has 0 aliphatic carbocycles. The smallest absolute Gasteiger partial charge is 0.408 e. The number of ketones is 2. The molecule has 0 aromatic heterocycles. The van der Waals surface area contributed by atoms with E-state index in [0.29, 0.717) is 19.4 Å². The maximum absolute atomic E-state index is 13.0. The summed E-state index contributed by atoms with van der Waals surface area (Å²) >= 11 is 5.47. The number of hydrogen-bond acceptors (Lipinski definition) is 5. The van der Waals surface area contributed by atoms with Gasteiger partial charge in [-0.3, -0.25) is 14.4 Å². The molecule has 0 radical (unpaired) electrons. The van der Waals surface area contributed by atoms with E-state index < -0.39 is 41.5 Å². The van der Waals surface area contributed by atoms with Crippen LogP contribution < -0.4 is 5.32 Å². The molecule has 1 fully saturated rings. The number of alkyl carbamates (subject to hydrolysis) is 1. The summed E-state index contributed by atoms with van der Waals surface area (Å²) in [6, 6.07) is 7.51. The van der Waals surface area contributed by atoms with Crippen molar-refractivity contribution in [1.82, 2.24) is 10.2 Å². The van der Waals surface area contributed by atoms with Crippen molar-refractivity contribution in [2.24, 2.45) is 5.92 Å². The number of rotatable bonds is 8. The first-order chi connectivity index (χ1) is 13.3. The molecule has 1 aliphatic heterocycles. The monoisotopic (exact) mass is 408 g/mol. The molecular weight excluding hydrogens is 384 g/mol. The lowest BCUT2D eigenvalue weighted by molar-refractivity contribution is -0.143. The van der Waals surface area contributed by atoms with E-state index in [1.807, 2.05) is 30.3 Å². The molecule has 2 atom stereocenters. The van der Waals surface area contributed by atoms with Crippen LogP contribution in [0.15, 0.2) is 30.3 Å². The zero-order valence-corrected chi connectivity index (χ0v) is 16.8. The lowest BCUT2D eigenvalue weighted by Gasteiger charge is -2.29. The van der Waals surface area contributed by atoms with Gasteiger partial charge in [-0.05, 0) is 24.3 Å². The molecule has 2 rings (SSSR count). The van der Waals surface area contributed by atoms with Gasteiger partial charge >= 0.3 is 6.09 Å². The number of ether oxygens (including phenoxy) is 1. The highest BCUT2D eigenvalue weighted by Gasteiger charge is 2.40. The summed E-state index contributed by atoms with van der Waals surface area (Å²) in [5, 5.41) is 2.59. The lowest BCUT2D eigenvalue weighted by Crippen LogP contribution is -2.54. The minimum Gasteiger partial charge on any atom is -0.445 e. The Labute approximate surface area is 169 Å². The van der Waals surface area contributed by atoms with Gasteiger partial charge in [-0.1, -0.05) is 44.2 Å². The van der Waals surface area contributed by atoms with Crippen molar-refractivity contribution in [2.75, 3.05) is 12.4 Å². The fourth-order valence-corrected chi connectivity index (χ4v) is 3.27. The number of hydrogen-bond donors (Lipinski definition) is 1. The third-order valence-corrected chi connectivity index (χ3v) is 4.90. The van der Waals surface area contributed by atoms with Crippen molar-refractivity contribution in [2.45, 2.75) is 45.4 Å². The Morgan fingerprint density at radius 1 is 1.21 bits per heavy atom. The molecule has 1 heterocycles. The minimum absolute atomic E-state index is 0.0841. The summed E-state index contributed by atoms with van der Waals surface area (Å²) in [5.41, 5.74) is 0.829. The normalized spacial score (nSPS) is 17.3. The number of alkyl halides is 1. The van der Waals surface area contributed by atoms with E-state index >= 15 is 0 Å². The Morgan fingerprint density at radius 3 is 2.50 bits per heavy atom. The molecule has 28 heavy (non-hydrogen) atoms. The highest BCUT2D eigenvalue weighted by molar-refractivity contribution is 6.48. The van der Waals surface area contributed by atoms with Crippen LogP contribution in [0.2, 0.25) is 0 Å². The van der Waals surface area contributed by atoms with E-state index in [9.17, 15) is 19.2 Å². The maximum atomic E-state index is 13.0. The first kappa shape index (κ1) is 21.9. The topological polar surface area (TPSA) is 92.8 Å². The van der Waals surface area contributed by atoms with E-state index in [1.165, 1.54) is 4.90 Å². The number of halogens is 1. The Balaban J connectivity index is 2.01. The quantitative estimate of drug-likeness (QED) is 0.526. The summed E-state index contributed by atoms with van der Waals surface area (Å²) in [7, 11) is 0. The van der Waals surface area contributed by atoms with Crippen molar-refractivity contribution in [3.05, 3.63) is 35.9 Å². The predicted molar refractivity (Wildman–Crippen MR) is 104 cm³/mol. The fourth-order valence-electron chi connectivity index (χ4n) is 3.14. The van der Waals surface area contributed by atoms with Crippen LogP contribution in [0.5, 0.6) is 0 Å². The average Bonchev–Trinajstić information content (AvgIpc) is 3.19. The zero-order valence-electron chi connectivity index (χ0n) is 16.0. The molecular formula is C20H25ClN2O5. The molecule has 1 aliphatic rings. The van der Waals surface area contributed by atoms with Crippen molar-refractivity contribution >= 4 is 35.2 Å². The maximum Gasteiger partial charge on any atom is 0.408 e. The van der Waals surface area contributed by atoms with E-state index in [1.54, 1.807) is 13.8 Å². The zero-order chi connectivity index (χ0) is 20.7. The van der Waals surface area contributed by atoms with Crippen molar-refractivity contribution in [3.63, 3.8) is 0 Å². The molecule has 1 saturated heterocycles. The van der Waals surface area contributed by atoms with Gasteiger partial charge in [0.25, 0.3) is 0 Å². The largest absolute Gasteiger partial charge is 0.445 e. The van der Waals surface area contributed by atoms with Crippen molar-refractivity contribution in [1.29, 1.82) is 0 Å². The Kier molecular flexibility index (Phi) is 7.99. The summed E-state index contributed by atoms with van der Waals surface area (Å²) < 4.78 is 5.19. The fraction of sp³-hybridized carbons (Fsp3) is 0.500. The third kappa shape index (κ3) is 5.55. The van der Waals surface area contributed by atoms with Gasteiger partial charge in [0.1, 0.15) is 12.6 Å². The first-order valence-corrected chi connectivity index (χ1v) is 9.79. The van der Waals surface area contributed by atoms with Gasteiger partial charge in [-0.25, -0.2) is 4.79 Å². The third-order valence-electron chi connectivity index (χ3n) is 4.65. The number of Topliss-reactive ketones (excluding diaryl/α,β-unsaturated/α-hetero) is 2. The van der Waals surface area contributed by atoms with Gasteiger partial charge in [0.15, 0.2) is 0 Å². The van der Waals surface area contributed by atoms with Crippen LogP contribution in [-0.4, -0.2) is 53.0 Å². The number of carbonyl (C=O) groups is 4. The predicted octanol–water partition coefficient (Wildman–Crippen LogP) is 2.31. The molecule has 0 saturated carbocycles. The summed E-state index contributed by atoms with van der Waals surface area (Å²) in [6.45, 7) is 4.02. The van der Waals surface area contributed by atoms with Gasteiger partial charge in [-0.15, -0.1) is 11.6 Å². The molecule has 0 spiro atoms.